The fraction of sp³-hybridized carbons (Fsp3) is 0.222. The molecule has 1 saturated carbocycles. The summed E-state index contributed by atoms with van der Waals surface area (Å²) < 4.78 is 1.19. The molecule has 1 aliphatic carbocycles. The lowest BCUT2D eigenvalue weighted by molar-refractivity contribution is -0.116. The van der Waals surface area contributed by atoms with Gasteiger partial charge < -0.3 is 16.0 Å². The van der Waals surface area contributed by atoms with Gasteiger partial charge in [0.2, 0.25) is 5.91 Å². The Morgan fingerprint density at radius 1 is 1.00 bits per heavy atom. The molecule has 0 spiro atoms. The van der Waals surface area contributed by atoms with E-state index < -0.39 is 6.04 Å². The molecule has 1 aliphatic rings. The molecule has 0 radical (unpaired) electrons. The molecule has 2 amide bonds. The van der Waals surface area contributed by atoms with E-state index >= 15 is 0 Å². The molecule has 6 nitrogen and oxygen atoms in total. The molecular weight excluding hydrogens is 444 g/mol. The van der Waals surface area contributed by atoms with Crippen LogP contribution in [0.1, 0.15) is 40.7 Å². The zero-order valence-corrected chi connectivity index (χ0v) is 19.7. The van der Waals surface area contributed by atoms with Crippen molar-refractivity contribution in [3.63, 3.8) is 0 Å². The van der Waals surface area contributed by atoms with Crippen LogP contribution in [0.4, 0.5) is 11.4 Å². The van der Waals surface area contributed by atoms with Gasteiger partial charge in [-0.1, -0.05) is 30.3 Å². The zero-order chi connectivity index (χ0) is 23.5. The van der Waals surface area contributed by atoms with E-state index in [9.17, 15) is 9.59 Å². The maximum atomic E-state index is 12.7. The highest BCUT2D eigenvalue weighted by atomic mass is 32.1. The lowest BCUT2D eigenvalue weighted by Crippen LogP contribution is -2.32. The lowest BCUT2D eigenvalue weighted by atomic mass is 10.1. The van der Waals surface area contributed by atoms with Gasteiger partial charge in [0.15, 0.2) is 0 Å². The van der Waals surface area contributed by atoms with Gasteiger partial charge in [-0.2, -0.15) is 0 Å². The molecule has 3 N–H and O–H groups in total. The second kappa shape index (κ2) is 9.65. The van der Waals surface area contributed by atoms with Gasteiger partial charge in [0, 0.05) is 29.4 Å². The van der Waals surface area contributed by atoms with Crippen LogP contribution in [0.3, 0.4) is 0 Å². The number of carbonyl (C=O) groups is 2. The van der Waals surface area contributed by atoms with Crippen molar-refractivity contribution in [2.75, 3.05) is 10.6 Å². The fourth-order valence-corrected chi connectivity index (χ4v) is 4.69. The van der Waals surface area contributed by atoms with Crippen LogP contribution < -0.4 is 16.0 Å². The maximum absolute atomic E-state index is 12.7. The first-order chi connectivity index (χ1) is 16.5. The lowest BCUT2D eigenvalue weighted by Gasteiger charge is -2.16. The number of hydrogen-bond acceptors (Lipinski definition) is 5. The maximum Gasteiger partial charge on any atom is 0.251 e. The Morgan fingerprint density at radius 3 is 2.56 bits per heavy atom. The highest BCUT2D eigenvalue weighted by molar-refractivity contribution is 7.18. The summed E-state index contributed by atoms with van der Waals surface area (Å²) in [6.07, 6.45) is 2.85. The van der Waals surface area contributed by atoms with Crippen molar-refractivity contribution in [2.45, 2.75) is 38.3 Å². The number of thiazole rings is 1. The van der Waals surface area contributed by atoms with Crippen LogP contribution in [-0.2, 0) is 11.2 Å². The average molecular weight is 471 g/mol. The van der Waals surface area contributed by atoms with Crippen molar-refractivity contribution in [1.82, 2.24) is 10.3 Å². The van der Waals surface area contributed by atoms with E-state index in [4.69, 9.17) is 4.98 Å². The Labute approximate surface area is 202 Å². The van der Waals surface area contributed by atoms with E-state index in [2.05, 4.69) is 22.0 Å². The number of nitrogens with zero attached hydrogens (tertiary/aromatic N) is 1. The van der Waals surface area contributed by atoms with Gasteiger partial charge in [-0.25, -0.2) is 4.98 Å². The van der Waals surface area contributed by atoms with Crippen LogP contribution in [0.15, 0.2) is 72.8 Å². The number of anilines is 2. The predicted molar refractivity (Wildman–Crippen MR) is 138 cm³/mol. The van der Waals surface area contributed by atoms with Gasteiger partial charge in [-0.3, -0.25) is 9.59 Å². The molecule has 0 saturated heterocycles. The van der Waals surface area contributed by atoms with Crippen LogP contribution >= 0.6 is 11.3 Å². The SMILES string of the molecule is C[C@@H](Nc1cccc(C(=O)NC2CC2)c1)C(=O)Nc1ccc(Cc2nc3ccccc3s2)cc1. The minimum Gasteiger partial charge on any atom is -0.374 e. The quantitative estimate of drug-likeness (QED) is 0.330. The van der Waals surface area contributed by atoms with Gasteiger partial charge in [-0.15, -0.1) is 11.3 Å². The van der Waals surface area contributed by atoms with Crippen LogP contribution in [0, 0.1) is 0 Å². The number of carbonyl (C=O) groups excluding carboxylic acids is 2. The molecule has 1 heterocycles. The average Bonchev–Trinajstić information content (AvgIpc) is 3.56. The largest absolute Gasteiger partial charge is 0.374 e. The van der Waals surface area contributed by atoms with Gasteiger partial charge in [0.05, 0.1) is 15.2 Å². The fourth-order valence-electron chi connectivity index (χ4n) is 3.69. The van der Waals surface area contributed by atoms with Crippen LogP contribution in [0.25, 0.3) is 10.2 Å². The summed E-state index contributed by atoms with van der Waals surface area (Å²) >= 11 is 1.71. The normalized spacial score (nSPS) is 13.9. The monoisotopic (exact) mass is 470 g/mol. The molecule has 3 aromatic carbocycles. The van der Waals surface area contributed by atoms with Crippen LogP contribution in [0.5, 0.6) is 0 Å². The Morgan fingerprint density at radius 2 is 1.79 bits per heavy atom. The molecule has 1 aromatic heterocycles. The summed E-state index contributed by atoms with van der Waals surface area (Å²) in [5.41, 5.74) is 4.24. The van der Waals surface area contributed by atoms with E-state index in [1.54, 1.807) is 30.4 Å². The molecule has 0 aliphatic heterocycles. The third-order valence-corrected chi connectivity index (χ3v) is 6.77. The summed E-state index contributed by atoms with van der Waals surface area (Å²) in [4.78, 5) is 29.7. The molecule has 172 valence electrons. The number of fused-ring (bicyclic) bond motifs is 1. The Bertz CT molecular complexity index is 1290. The molecule has 34 heavy (non-hydrogen) atoms. The number of benzene rings is 3. The Hall–Kier alpha value is -3.71. The van der Waals surface area contributed by atoms with Crippen molar-refractivity contribution in [3.05, 3.63) is 88.9 Å². The molecule has 1 atom stereocenters. The van der Waals surface area contributed by atoms with Crippen molar-refractivity contribution >= 4 is 44.7 Å². The summed E-state index contributed by atoms with van der Waals surface area (Å²) in [5.74, 6) is -0.221. The molecule has 7 heteroatoms. The topological polar surface area (TPSA) is 83.1 Å². The van der Waals surface area contributed by atoms with Crippen molar-refractivity contribution in [3.8, 4) is 0 Å². The van der Waals surface area contributed by atoms with E-state index in [-0.39, 0.29) is 11.8 Å². The Balaban J connectivity index is 1.16. The molecule has 1 fully saturated rings. The molecule has 5 rings (SSSR count). The number of para-hydroxylation sites is 1. The number of hydrogen-bond donors (Lipinski definition) is 3. The summed E-state index contributed by atoms with van der Waals surface area (Å²) in [6, 6.07) is 23.1. The zero-order valence-electron chi connectivity index (χ0n) is 18.9. The number of aromatic nitrogens is 1. The second-order valence-electron chi connectivity index (χ2n) is 8.63. The summed E-state index contributed by atoms with van der Waals surface area (Å²) in [7, 11) is 0. The van der Waals surface area contributed by atoms with Crippen molar-refractivity contribution < 1.29 is 9.59 Å². The van der Waals surface area contributed by atoms with Crippen molar-refractivity contribution in [2.24, 2.45) is 0 Å². The van der Waals surface area contributed by atoms with E-state index in [1.807, 2.05) is 54.6 Å². The highest BCUT2D eigenvalue weighted by Gasteiger charge is 2.24. The third-order valence-electron chi connectivity index (χ3n) is 5.73. The van der Waals surface area contributed by atoms with Crippen molar-refractivity contribution in [1.29, 1.82) is 0 Å². The highest BCUT2D eigenvalue weighted by Crippen LogP contribution is 2.24. The molecule has 0 bridgehead atoms. The van der Waals surface area contributed by atoms with Gasteiger partial charge in [0.1, 0.15) is 6.04 Å². The number of rotatable bonds is 8. The second-order valence-corrected chi connectivity index (χ2v) is 9.75. The smallest absolute Gasteiger partial charge is 0.251 e. The molecular formula is C27H26N4O2S. The third kappa shape index (κ3) is 5.43. The van der Waals surface area contributed by atoms with Crippen LogP contribution in [-0.4, -0.2) is 28.9 Å². The van der Waals surface area contributed by atoms with Gasteiger partial charge in [-0.05, 0) is 67.8 Å². The first kappa shape index (κ1) is 22.1. The number of amides is 2. The predicted octanol–water partition coefficient (Wildman–Crippen LogP) is 5.22. The minimum absolute atomic E-state index is 0.0748. The standard InChI is InChI=1S/C27H26N4O2S/c1-17(28-22-6-4-5-19(16-22)27(33)30-21-13-14-21)26(32)29-20-11-9-18(10-12-20)15-25-31-23-7-2-3-8-24(23)34-25/h2-12,16-17,21,28H,13-15H2,1H3,(H,29,32)(H,30,33)/t17-/m1/s1. The van der Waals surface area contributed by atoms with E-state index in [0.717, 1.165) is 46.7 Å². The first-order valence-electron chi connectivity index (χ1n) is 11.5. The summed E-state index contributed by atoms with van der Waals surface area (Å²) in [5, 5.41) is 10.2. The van der Waals surface area contributed by atoms with E-state index in [1.165, 1.54) is 4.70 Å². The Kier molecular flexibility index (Phi) is 6.27. The molecule has 0 unspecified atom stereocenters. The summed E-state index contributed by atoms with van der Waals surface area (Å²) in [6.45, 7) is 1.80. The molecule has 4 aromatic rings. The van der Waals surface area contributed by atoms with Gasteiger partial charge >= 0.3 is 0 Å². The van der Waals surface area contributed by atoms with Gasteiger partial charge in [0.25, 0.3) is 5.91 Å². The minimum atomic E-state index is -0.468. The van der Waals surface area contributed by atoms with E-state index in [0.29, 0.717) is 11.6 Å². The number of nitrogens with one attached hydrogen (secondary N) is 3. The van der Waals surface area contributed by atoms with Crippen LogP contribution in [0.2, 0.25) is 0 Å². The first-order valence-corrected chi connectivity index (χ1v) is 12.3.